The van der Waals surface area contributed by atoms with E-state index in [0.717, 1.165) is 35.3 Å². The third-order valence-corrected chi connectivity index (χ3v) is 4.55. The number of hydrogen-bond acceptors (Lipinski definition) is 4. The van der Waals surface area contributed by atoms with Gasteiger partial charge in [-0.3, -0.25) is 9.78 Å². The van der Waals surface area contributed by atoms with Crippen LogP contribution in [0.5, 0.6) is 0 Å². The van der Waals surface area contributed by atoms with E-state index in [9.17, 15) is 4.79 Å². The zero-order chi connectivity index (χ0) is 17.9. The Morgan fingerprint density at radius 2 is 2.12 bits per heavy atom. The second-order valence-corrected chi connectivity index (χ2v) is 6.64. The van der Waals surface area contributed by atoms with Gasteiger partial charge in [-0.1, -0.05) is 17.7 Å². The normalized spacial score (nSPS) is 12.3. The Kier molecular flexibility index (Phi) is 4.54. The minimum absolute atomic E-state index is 0.139. The summed E-state index contributed by atoms with van der Waals surface area (Å²) in [6, 6.07) is 11.4. The van der Waals surface area contributed by atoms with Crippen molar-refractivity contribution in [2.75, 3.05) is 17.2 Å². The fourth-order valence-electron chi connectivity index (χ4n) is 3.18. The Morgan fingerprint density at radius 3 is 3.00 bits per heavy atom. The van der Waals surface area contributed by atoms with Crippen LogP contribution in [-0.2, 0) is 12.8 Å². The molecule has 0 bridgehead atoms. The van der Waals surface area contributed by atoms with Crippen molar-refractivity contribution < 1.29 is 4.79 Å². The highest BCUT2D eigenvalue weighted by Crippen LogP contribution is 2.26. The maximum Gasteiger partial charge on any atom is 0.257 e. The molecule has 0 saturated carbocycles. The number of aromatic nitrogens is 2. The van der Waals surface area contributed by atoms with Gasteiger partial charge in [0.05, 0.1) is 5.02 Å². The van der Waals surface area contributed by atoms with Crippen LogP contribution < -0.4 is 10.6 Å². The van der Waals surface area contributed by atoms with E-state index in [1.54, 1.807) is 18.6 Å². The summed E-state index contributed by atoms with van der Waals surface area (Å²) in [7, 11) is 0. The van der Waals surface area contributed by atoms with E-state index in [-0.39, 0.29) is 5.91 Å². The van der Waals surface area contributed by atoms with Crippen molar-refractivity contribution in [2.24, 2.45) is 0 Å². The molecular formula is C20H17ClN4O. The van der Waals surface area contributed by atoms with E-state index < -0.39 is 0 Å². The molecule has 0 aliphatic carbocycles. The van der Waals surface area contributed by atoms with Crippen LogP contribution in [0.3, 0.4) is 0 Å². The highest BCUT2D eigenvalue weighted by Gasteiger charge is 2.18. The van der Waals surface area contributed by atoms with Crippen LogP contribution >= 0.6 is 11.6 Å². The van der Waals surface area contributed by atoms with Crippen LogP contribution in [0.4, 0.5) is 11.5 Å². The van der Waals surface area contributed by atoms with Gasteiger partial charge in [-0.2, -0.15) is 0 Å². The molecule has 3 aromatic rings. The first-order valence-electron chi connectivity index (χ1n) is 8.40. The molecule has 0 fully saturated rings. The van der Waals surface area contributed by atoms with Gasteiger partial charge in [0.15, 0.2) is 0 Å². The van der Waals surface area contributed by atoms with E-state index in [0.29, 0.717) is 22.8 Å². The predicted molar refractivity (Wildman–Crippen MR) is 103 cm³/mol. The Hall–Kier alpha value is -2.92. The number of amides is 1. The summed E-state index contributed by atoms with van der Waals surface area (Å²) in [6.45, 7) is 0.862. The smallest absolute Gasteiger partial charge is 0.257 e. The van der Waals surface area contributed by atoms with Gasteiger partial charge in [0.1, 0.15) is 5.82 Å². The predicted octanol–water partition coefficient (Wildman–Crippen LogP) is 3.94. The topological polar surface area (TPSA) is 66.9 Å². The molecule has 1 aliphatic rings. The summed E-state index contributed by atoms with van der Waals surface area (Å²) in [6.07, 6.45) is 6.61. The summed E-state index contributed by atoms with van der Waals surface area (Å²) >= 11 is 5.99. The third kappa shape index (κ3) is 3.53. The number of carbonyl (C=O) groups is 1. The molecule has 0 radical (unpaired) electrons. The van der Waals surface area contributed by atoms with Crippen molar-refractivity contribution in [3.05, 3.63) is 82.3 Å². The molecule has 6 heteroatoms. The van der Waals surface area contributed by atoms with Crippen LogP contribution in [0.1, 0.15) is 27.0 Å². The molecule has 0 spiro atoms. The molecule has 3 heterocycles. The van der Waals surface area contributed by atoms with E-state index >= 15 is 0 Å². The van der Waals surface area contributed by atoms with Crippen LogP contribution in [0, 0.1) is 0 Å². The highest BCUT2D eigenvalue weighted by atomic mass is 35.5. The summed E-state index contributed by atoms with van der Waals surface area (Å²) in [5.41, 5.74) is 4.82. The van der Waals surface area contributed by atoms with Crippen LogP contribution in [-0.4, -0.2) is 22.4 Å². The second-order valence-electron chi connectivity index (χ2n) is 6.20. The average molecular weight is 365 g/mol. The summed E-state index contributed by atoms with van der Waals surface area (Å²) in [5.74, 6) is 0.394. The van der Waals surface area contributed by atoms with Crippen molar-refractivity contribution in [1.82, 2.24) is 9.97 Å². The number of fused-ring (bicyclic) bond motifs is 1. The molecule has 0 atom stereocenters. The van der Waals surface area contributed by atoms with E-state index in [2.05, 4.69) is 20.6 Å². The Bertz CT molecular complexity index is 974. The molecule has 1 aliphatic heterocycles. The molecule has 0 saturated heterocycles. The van der Waals surface area contributed by atoms with E-state index in [1.165, 1.54) is 0 Å². The van der Waals surface area contributed by atoms with Crippen molar-refractivity contribution in [3.8, 4) is 0 Å². The van der Waals surface area contributed by atoms with Crippen molar-refractivity contribution in [3.63, 3.8) is 0 Å². The lowest BCUT2D eigenvalue weighted by atomic mass is 10.0. The minimum atomic E-state index is -0.139. The molecule has 130 valence electrons. The Labute approximate surface area is 156 Å². The lowest BCUT2D eigenvalue weighted by Gasteiger charge is -2.09. The molecular weight excluding hydrogens is 348 g/mol. The SMILES string of the molecule is O=C(Nc1cc(Cc2cncc(Cl)c2)ccn1)c1cccc2c1CCN2. The van der Waals surface area contributed by atoms with Crippen molar-refractivity contribution in [2.45, 2.75) is 12.8 Å². The fraction of sp³-hybridized carbons (Fsp3) is 0.150. The largest absolute Gasteiger partial charge is 0.384 e. The first-order valence-corrected chi connectivity index (χ1v) is 8.78. The summed E-state index contributed by atoms with van der Waals surface area (Å²) in [4.78, 5) is 21.1. The zero-order valence-electron chi connectivity index (χ0n) is 14.0. The number of nitrogens with zero attached hydrogens (tertiary/aromatic N) is 2. The summed E-state index contributed by atoms with van der Waals surface area (Å²) < 4.78 is 0. The number of carbonyl (C=O) groups excluding carboxylic acids is 1. The van der Waals surface area contributed by atoms with Crippen LogP contribution in [0.25, 0.3) is 0 Å². The van der Waals surface area contributed by atoms with Gasteiger partial charge in [-0.15, -0.1) is 0 Å². The zero-order valence-corrected chi connectivity index (χ0v) is 14.8. The van der Waals surface area contributed by atoms with E-state index in [1.807, 2.05) is 36.4 Å². The van der Waals surface area contributed by atoms with Gasteiger partial charge in [0.25, 0.3) is 5.91 Å². The Morgan fingerprint density at radius 1 is 1.19 bits per heavy atom. The third-order valence-electron chi connectivity index (χ3n) is 4.35. The molecule has 1 aromatic carbocycles. The van der Waals surface area contributed by atoms with Gasteiger partial charge < -0.3 is 10.6 Å². The molecule has 0 unspecified atom stereocenters. The van der Waals surface area contributed by atoms with Crippen molar-refractivity contribution in [1.29, 1.82) is 0 Å². The second kappa shape index (κ2) is 7.14. The number of anilines is 2. The number of hydrogen-bond donors (Lipinski definition) is 2. The maximum absolute atomic E-state index is 12.7. The van der Waals surface area contributed by atoms with Gasteiger partial charge in [0, 0.05) is 36.4 Å². The molecule has 2 N–H and O–H groups in total. The highest BCUT2D eigenvalue weighted by molar-refractivity contribution is 6.30. The first-order chi connectivity index (χ1) is 12.7. The first kappa shape index (κ1) is 16.5. The number of rotatable bonds is 4. The number of benzene rings is 1. The van der Waals surface area contributed by atoms with Gasteiger partial charge in [-0.25, -0.2) is 4.98 Å². The monoisotopic (exact) mass is 364 g/mol. The maximum atomic E-state index is 12.7. The van der Waals surface area contributed by atoms with Crippen LogP contribution in [0.15, 0.2) is 55.0 Å². The van der Waals surface area contributed by atoms with Gasteiger partial charge in [-0.05, 0) is 59.9 Å². The number of pyridine rings is 2. The van der Waals surface area contributed by atoms with Gasteiger partial charge >= 0.3 is 0 Å². The van der Waals surface area contributed by atoms with E-state index in [4.69, 9.17) is 11.6 Å². The molecule has 1 amide bonds. The van der Waals surface area contributed by atoms with Gasteiger partial charge in [0.2, 0.25) is 0 Å². The molecule has 4 rings (SSSR count). The Balaban J connectivity index is 1.52. The number of nitrogens with one attached hydrogen (secondary N) is 2. The number of halogens is 1. The lowest BCUT2D eigenvalue weighted by Crippen LogP contribution is -2.15. The standard InChI is InChI=1S/C20H17ClN4O/c21-15-9-14(11-22-12-15)8-13-4-6-24-19(10-13)25-20(26)17-2-1-3-18-16(17)5-7-23-18/h1-4,6,9-12,23H,5,7-8H2,(H,24,25,26). The molecule has 5 nitrogen and oxygen atoms in total. The quantitative estimate of drug-likeness (QED) is 0.735. The van der Waals surface area contributed by atoms with Crippen molar-refractivity contribution >= 4 is 29.0 Å². The summed E-state index contributed by atoms with van der Waals surface area (Å²) in [5, 5.41) is 6.80. The lowest BCUT2D eigenvalue weighted by molar-refractivity contribution is 0.102. The minimum Gasteiger partial charge on any atom is -0.384 e. The average Bonchev–Trinajstić information content (AvgIpc) is 3.10. The van der Waals surface area contributed by atoms with Crippen LogP contribution in [0.2, 0.25) is 5.02 Å². The fourth-order valence-corrected chi connectivity index (χ4v) is 3.38. The molecule has 26 heavy (non-hydrogen) atoms. The molecule has 2 aromatic heterocycles.